The van der Waals surface area contributed by atoms with Gasteiger partial charge in [-0.1, -0.05) is 18.9 Å². The fourth-order valence-electron chi connectivity index (χ4n) is 2.40. The first-order valence-electron chi connectivity index (χ1n) is 5.57. The fourth-order valence-corrected chi connectivity index (χ4v) is 2.40. The quantitative estimate of drug-likeness (QED) is 0.825. The number of nitriles is 1. The number of methoxy groups -OCH3 is 1. The first-order chi connectivity index (χ1) is 7.69. The zero-order chi connectivity index (χ0) is 11.6. The van der Waals surface area contributed by atoms with Crippen LogP contribution in [0.4, 0.5) is 0 Å². The predicted molar refractivity (Wildman–Crippen MR) is 62.0 cm³/mol. The van der Waals surface area contributed by atoms with Gasteiger partial charge in [0.05, 0.1) is 12.7 Å². The topological polar surface area (TPSA) is 59.0 Å². The van der Waals surface area contributed by atoms with E-state index < -0.39 is 0 Å². The van der Waals surface area contributed by atoms with E-state index in [2.05, 4.69) is 6.07 Å². The molecule has 1 aliphatic carbocycles. The van der Waals surface area contributed by atoms with Crippen molar-refractivity contribution in [2.75, 3.05) is 7.11 Å². The summed E-state index contributed by atoms with van der Waals surface area (Å²) < 4.78 is 5.12. The minimum Gasteiger partial charge on any atom is -0.495 e. The molecular weight excluding hydrogens is 200 g/mol. The van der Waals surface area contributed by atoms with Gasteiger partial charge < -0.3 is 10.5 Å². The van der Waals surface area contributed by atoms with Gasteiger partial charge in [-0.3, -0.25) is 0 Å². The van der Waals surface area contributed by atoms with Gasteiger partial charge in [0.2, 0.25) is 0 Å². The van der Waals surface area contributed by atoms with Crippen molar-refractivity contribution in [1.82, 2.24) is 0 Å². The first-order valence-corrected chi connectivity index (χ1v) is 5.57. The summed E-state index contributed by atoms with van der Waals surface area (Å²) in [5.41, 5.74) is 7.73. The molecule has 0 heterocycles. The van der Waals surface area contributed by atoms with Gasteiger partial charge in [-0.05, 0) is 30.5 Å². The van der Waals surface area contributed by atoms with Crippen LogP contribution in [0.1, 0.15) is 36.8 Å². The third kappa shape index (κ3) is 1.77. The van der Waals surface area contributed by atoms with Gasteiger partial charge in [-0.2, -0.15) is 5.26 Å². The van der Waals surface area contributed by atoms with Crippen molar-refractivity contribution in [1.29, 1.82) is 5.26 Å². The second-order valence-electron chi connectivity index (χ2n) is 4.39. The van der Waals surface area contributed by atoms with E-state index >= 15 is 0 Å². The number of ether oxygens (including phenoxy) is 1. The number of rotatable bonds is 2. The summed E-state index contributed by atoms with van der Waals surface area (Å²) in [7, 11) is 1.57. The molecule has 2 rings (SSSR count). The Bertz CT molecular complexity index is 428. The lowest BCUT2D eigenvalue weighted by molar-refractivity contribution is 0.411. The maximum atomic E-state index is 9.03. The zero-order valence-corrected chi connectivity index (χ0v) is 9.49. The minimum absolute atomic E-state index is 0.238. The van der Waals surface area contributed by atoms with Gasteiger partial charge >= 0.3 is 0 Å². The molecule has 2 N–H and O–H groups in total. The molecule has 0 unspecified atom stereocenters. The van der Waals surface area contributed by atoms with Gasteiger partial charge in [0, 0.05) is 5.54 Å². The average Bonchev–Trinajstić information content (AvgIpc) is 2.76. The van der Waals surface area contributed by atoms with Crippen molar-refractivity contribution in [3.05, 3.63) is 29.3 Å². The van der Waals surface area contributed by atoms with Crippen molar-refractivity contribution >= 4 is 0 Å². The first kappa shape index (κ1) is 11.0. The number of nitrogens with two attached hydrogens (primary N) is 1. The second kappa shape index (κ2) is 4.15. The molecule has 0 bridgehead atoms. The highest BCUT2D eigenvalue weighted by molar-refractivity contribution is 5.47. The lowest BCUT2D eigenvalue weighted by atomic mass is 9.88. The molecule has 1 aliphatic rings. The predicted octanol–water partition coefficient (Wildman–Crippen LogP) is 2.29. The van der Waals surface area contributed by atoms with Crippen LogP contribution in [0, 0.1) is 11.3 Å². The minimum atomic E-state index is -0.238. The number of benzene rings is 1. The van der Waals surface area contributed by atoms with Crippen molar-refractivity contribution in [3.8, 4) is 11.8 Å². The highest BCUT2D eigenvalue weighted by Gasteiger charge is 2.31. The molecule has 0 aliphatic heterocycles. The van der Waals surface area contributed by atoms with Crippen molar-refractivity contribution in [2.24, 2.45) is 5.73 Å². The fraction of sp³-hybridized carbons (Fsp3) is 0.462. The van der Waals surface area contributed by atoms with E-state index in [1.807, 2.05) is 18.2 Å². The lowest BCUT2D eigenvalue weighted by Crippen LogP contribution is -2.33. The maximum Gasteiger partial charge on any atom is 0.136 e. The van der Waals surface area contributed by atoms with Gasteiger partial charge in [0.1, 0.15) is 11.8 Å². The van der Waals surface area contributed by atoms with Gasteiger partial charge in [0.25, 0.3) is 0 Å². The molecule has 1 aromatic carbocycles. The second-order valence-corrected chi connectivity index (χ2v) is 4.39. The highest BCUT2D eigenvalue weighted by Crippen LogP contribution is 2.37. The normalized spacial score (nSPS) is 18.1. The zero-order valence-electron chi connectivity index (χ0n) is 9.49. The summed E-state index contributed by atoms with van der Waals surface area (Å²) in [6.07, 6.45) is 4.35. The number of hydrogen-bond donors (Lipinski definition) is 1. The Morgan fingerprint density at radius 2 is 2.06 bits per heavy atom. The molecule has 0 amide bonds. The molecular formula is C13H16N2O. The maximum absolute atomic E-state index is 9.03. The van der Waals surface area contributed by atoms with Crippen LogP contribution in [0.3, 0.4) is 0 Å². The van der Waals surface area contributed by atoms with E-state index in [-0.39, 0.29) is 5.54 Å². The number of nitrogens with zero attached hydrogens (tertiary/aromatic N) is 1. The standard InChI is InChI=1S/C13H16N2O/c1-16-12-5-4-11(8-10(12)9-14)13(15)6-2-3-7-13/h4-5,8H,2-3,6-7,15H2,1H3. The SMILES string of the molecule is COc1ccc(C2(N)CCCC2)cc1C#N. The molecule has 3 heteroatoms. The highest BCUT2D eigenvalue weighted by atomic mass is 16.5. The molecule has 3 nitrogen and oxygen atoms in total. The molecule has 1 saturated carbocycles. The van der Waals surface area contributed by atoms with Crippen molar-refractivity contribution in [3.63, 3.8) is 0 Å². The Balaban J connectivity index is 2.40. The third-order valence-electron chi connectivity index (χ3n) is 3.39. The largest absolute Gasteiger partial charge is 0.495 e. The summed E-state index contributed by atoms with van der Waals surface area (Å²) in [6.45, 7) is 0. The Morgan fingerprint density at radius 1 is 1.38 bits per heavy atom. The van der Waals surface area contributed by atoms with E-state index in [1.165, 1.54) is 12.8 Å². The van der Waals surface area contributed by atoms with Crippen LogP contribution in [-0.2, 0) is 5.54 Å². The van der Waals surface area contributed by atoms with Gasteiger partial charge in [-0.15, -0.1) is 0 Å². The molecule has 16 heavy (non-hydrogen) atoms. The Hall–Kier alpha value is -1.53. The molecule has 0 saturated heterocycles. The van der Waals surface area contributed by atoms with Crippen LogP contribution in [0.15, 0.2) is 18.2 Å². The van der Waals surface area contributed by atoms with Crippen molar-refractivity contribution in [2.45, 2.75) is 31.2 Å². The Kier molecular flexibility index (Phi) is 2.84. The molecule has 84 valence electrons. The molecule has 0 radical (unpaired) electrons. The lowest BCUT2D eigenvalue weighted by Gasteiger charge is -2.24. The third-order valence-corrected chi connectivity index (χ3v) is 3.39. The van der Waals surface area contributed by atoms with Gasteiger partial charge in [-0.25, -0.2) is 0 Å². The number of hydrogen-bond acceptors (Lipinski definition) is 3. The van der Waals surface area contributed by atoms with Crippen LogP contribution in [-0.4, -0.2) is 7.11 Å². The monoisotopic (exact) mass is 216 g/mol. The van der Waals surface area contributed by atoms with Crippen LogP contribution in [0.25, 0.3) is 0 Å². The summed E-state index contributed by atoms with van der Waals surface area (Å²) in [5, 5.41) is 9.03. The molecule has 0 atom stereocenters. The summed E-state index contributed by atoms with van der Waals surface area (Å²) in [5.74, 6) is 0.618. The van der Waals surface area contributed by atoms with Crippen LogP contribution >= 0.6 is 0 Å². The van der Waals surface area contributed by atoms with Gasteiger partial charge in [0.15, 0.2) is 0 Å². The van der Waals surface area contributed by atoms with E-state index in [0.717, 1.165) is 18.4 Å². The van der Waals surface area contributed by atoms with E-state index in [9.17, 15) is 0 Å². The van der Waals surface area contributed by atoms with E-state index in [1.54, 1.807) is 7.11 Å². The van der Waals surface area contributed by atoms with E-state index in [0.29, 0.717) is 11.3 Å². The Morgan fingerprint density at radius 3 is 2.62 bits per heavy atom. The van der Waals surface area contributed by atoms with Crippen molar-refractivity contribution < 1.29 is 4.74 Å². The molecule has 1 fully saturated rings. The molecule has 0 spiro atoms. The van der Waals surface area contributed by atoms with Crippen LogP contribution < -0.4 is 10.5 Å². The average molecular weight is 216 g/mol. The summed E-state index contributed by atoms with van der Waals surface area (Å²) in [4.78, 5) is 0. The molecule has 1 aromatic rings. The molecule has 0 aromatic heterocycles. The van der Waals surface area contributed by atoms with Crippen LogP contribution in [0.5, 0.6) is 5.75 Å². The summed E-state index contributed by atoms with van der Waals surface area (Å²) in [6, 6.07) is 7.82. The summed E-state index contributed by atoms with van der Waals surface area (Å²) >= 11 is 0. The van der Waals surface area contributed by atoms with Crippen LogP contribution in [0.2, 0.25) is 0 Å². The Labute approximate surface area is 95.8 Å². The smallest absolute Gasteiger partial charge is 0.136 e. The van der Waals surface area contributed by atoms with E-state index in [4.69, 9.17) is 15.7 Å².